The van der Waals surface area contributed by atoms with Gasteiger partial charge in [-0.25, -0.2) is 4.98 Å². The molecule has 2 heterocycles. The van der Waals surface area contributed by atoms with E-state index in [4.69, 9.17) is 0 Å². The average molecular weight is 246 g/mol. The summed E-state index contributed by atoms with van der Waals surface area (Å²) >= 11 is 0. The van der Waals surface area contributed by atoms with Crippen molar-refractivity contribution < 1.29 is 9.18 Å². The predicted molar refractivity (Wildman–Crippen MR) is 62.1 cm³/mol. The monoisotopic (exact) mass is 246 g/mol. The van der Waals surface area contributed by atoms with E-state index in [1.165, 1.54) is 12.3 Å². The maximum Gasteiger partial charge on any atom is 0.251 e. The number of carbonyl (C=O) groups excluding carboxylic acids is 1. The lowest BCUT2D eigenvalue weighted by Crippen LogP contribution is -2.23. The fourth-order valence-electron chi connectivity index (χ4n) is 1.33. The van der Waals surface area contributed by atoms with Crippen LogP contribution in [-0.2, 0) is 6.54 Å². The van der Waals surface area contributed by atoms with E-state index in [-0.39, 0.29) is 18.0 Å². The van der Waals surface area contributed by atoms with E-state index in [1.807, 2.05) is 6.92 Å². The fourth-order valence-corrected chi connectivity index (χ4v) is 1.33. The number of hydrogen-bond acceptors (Lipinski definition) is 4. The zero-order valence-electron chi connectivity index (χ0n) is 9.72. The van der Waals surface area contributed by atoms with E-state index in [1.54, 1.807) is 12.4 Å². The highest BCUT2D eigenvalue weighted by molar-refractivity contribution is 5.93. The van der Waals surface area contributed by atoms with Crippen LogP contribution < -0.4 is 5.32 Å². The number of nitrogens with one attached hydrogen (secondary N) is 1. The topological polar surface area (TPSA) is 67.8 Å². The van der Waals surface area contributed by atoms with Crippen molar-refractivity contribution in [1.82, 2.24) is 20.3 Å². The van der Waals surface area contributed by atoms with E-state index >= 15 is 0 Å². The molecule has 2 aromatic heterocycles. The van der Waals surface area contributed by atoms with Crippen LogP contribution in [0.25, 0.3) is 0 Å². The Morgan fingerprint density at radius 1 is 1.33 bits per heavy atom. The molecule has 0 saturated carbocycles. The molecule has 0 radical (unpaired) electrons. The fraction of sp³-hybridized carbons (Fsp3) is 0.167. The molecule has 0 saturated heterocycles. The second-order valence-corrected chi connectivity index (χ2v) is 3.70. The average Bonchev–Trinajstić information content (AvgIpc) is 2.38. The van der Waals surface area contributed by atoms with Gasteiger partial charge < -0.3 is 5.32 Å². The number of rotatable bonds is 3. The second kappa shape index (κ2) is 5.31. The smallest absolute Gasteiger partial charge is 0.251 e. The Bertz CT molecular complexity index is 556. The van der Waals surface area contributed by atoms with Crippen LogP contribution in [0, 0.1) is 12.9 Å². The summed E-state index contributed by atoms with van der Waals surface area (Å²) in [6.07, 6.45) is 4.45. The molecular formula is C12H11FN4O. The molecule has 0 aliphatic rings. The first-order valence-corrected chi connectivity index (χ1v) is 5.32. The molecule has 2 rings (SSSR count). The van der Waals surface area contributed by atoms with Gasteiger partial charge in [0.15, 0.2) is 0 Å². The van der Waals surface area contributed by atoms with Crippen LogP contribution in [-0.4, -0.2) is 20.9 Å². The predicted octanol–water partition coefficient (Wildman–Crippen LogP) is 1.25. The minimum absolute atomic E-state index is 0.225. The summed E-state index contributed by atoms with van der Waals surface area (Å²) in [5.74, 6) is -1.06. The normalized spacial score (nSPS) is 10.1. The van der Waals surface area contributed by atoms with Crippen molar-refractivity contribution in [2.45, 2.75) is 13.5 Å². The summed E-state index contributed by atoms with van der Waals surface area (Å²) in [4.78, 5) is 23.2. The lowest BCUT2D eigenvalue weighted by Gasteiger charge is -2.04. The highest BCUT2D eigenvalue weighted by Gasteiger charge is 2.06. The molecule has 5 nitrogen and oxygen atoms in total. The van der Waals surface area contributed by atoms with E-state index < -0.39 is 5.95 Å². The number of hydrogen-bond donors (Lipinski definition) is 1. The molecule has 0 aliphatic heterocycles. The van der Waals surface area contributed by atoms with E-state index in [0.717, 1.165) is 11.8 Å². The molecule has 0 aromatic carbocycles. The Balaban J connectivity index is 1.98. The number of nitrogens with zero attached hydrogens (tertiary/aromatic N) is 3. The zero-order chi connectivity index (χ0) is 13.0. The van der Waals surface area contributed by atoms with Crippen molar-refractivity contribution in [1.29, 1.82) is 0 Å². The van der Waals surface area contributed by atoms with Gasteiger partial charge in [-0.05, 0) is 13.0 Å². The van der Waals surface area contributed by atoms with Crippen molar-refractivity contribution in [2.75, 3.05) is 0 Å². The Hall–Kier alpha value is -2.37. The minimum atomic E-state index is -0.683. The van der Waals surface area contributed by atoms with E-state index in [0.29, 0.717) is 5.69 Å². The third-order valence-corrected chi connectivity index (χ3v) is 2.25. The molecule has 92 valence electrons. The van der Waals surface area contributed by atoms with Gasteiger partial charge >= 0.3 is 0 Å². The van der Waals surface area contributed by atoms with Gasteiger partial charge in [-0.15, -0.1) is 0 Å². The van der Waals surface area contributed by atoms with E-state index in [2.05, 4.69) is 20.3 Å². The van der Waals surface area contributed by atoms with Gasteiger partial charge in [0.05, 0.1) is 24.1 Å². The Kier molecular flexibility index (Phi) is 3.57. The highest BCUT2D eigenvalue weighted by Crippen LogP contribution is 2.01. The van der Waals surface area contributed by atoms with E-state index in [9.17, 15) is 9.18 Å². The van der Waals surface area contributed by atoms with Crippen molar-refractivity contribution >= 4 is 5.91 Å². The maximum atomic E-state index is 12.8. The van der Waals surface area contributed by atoms with Crippen molar-refractivity contribution in [3.05, 3.63) is 53.6 Å². The summed E-state index contributed by atoms with van der Waals surface area (Å²) in [5, 5.41) is 2.63. The summed E-state index contributed by atoms with van der Waals surface area (Å²) in [6, 6.07) is 2.52. The number of halogens is 1. The molecule has 0 fully saturated rings. The third-order valence-electron chi connectivity index (χ3n) is 2.25. The van der Waals surface area contributed by atoms with Gasteiger partial charge in [-0.3, -0.25) is 14.8 Å². The molecule has 2 aromatic rings. The lowest BCUT2D eigenvalue weighted by molar-refractivity contribution is 0.0949. The maximum absolute atomic E-state index is 12.8. The number of amides is 1. The molecule has 0 unspecified atom stereocenters. The molecule has 1 amide bonds. The molecule has 0 bridgehead atoms. The van der Waals surface area contributed by atoms with Gasteiger partial charge in [0.2, 0.25) is 5.95 Å². The summed E-state index contributed by atoms with van der Waals surface area (Å²) in [6.45, 7) is 2.07. The van der Waals surface area contributed by atoms with Crippen LogP contribution in [0.1, 0.15) is 21.7 Å². The lowest BCUT2D eigenvalue weighted by atomic mass is 10.2. The van der Waals surface area contributed by atoms with Crippen LogP contribution in [0.5, 0.6) is 0 Å². The van der Waals surface area contributed by atoms with Crippen molar-refractivity contribution in [2.24, 2.45) is 0 Å². The van der Waals surface area contributed by atoms with Gasteiger partial charge in [0.25, 0.3) is 5.91 Å². The first kappa shape index (κ1) is 12.1. The van der Waals surface area contributed by atoms with Crippen molar-refractivity contribution in [3.8, 4) is 0 Å². The minimum Gasteiger partial charge on any atom is -0.346 e. The zero-order valence-corrected chi connectivity index (χ0v) is 9.72. The highest BCUT2D eigenvalue weighted by atomic mass is 19.1. The Morgan fingerprint density at radius 2 is 2.17 bits per heavy atom. The summed E-state index contributed by atoms with van der Waals surface area (Å²) in [7, 11) is 0. The molecule has 0 atom stereocenters. The van der Waals surface area contributed by atoms with Crippen LogP contribution in [0.15, 0.2) is 30.7 Å². The molecule has 18 heavy (non-hydrogen) atoms. The summed E-state index contributed by atoms with van der Waals surface area (Å²) in [5.41, 5.74) is 1.67. The molecule has 1 N–H and O–H groups in total. The second-order valence-electron chi connectivity index (χ2n) is 3.70. The molecule has 6 heteroatoms. The standard InChI is InChI=1S/C12H11FN4O/c1-8-5-16-10(6-15-8)7-17-12(18)9-2-3-14-11(13)4-9/h2-6H,7H2,1H3,(H,17,18). The Morgan fingerprint density at radius 3 is 2.83 bits per heavy atom. The summed E-state index contributed by atoms with van der Waals surface area (Å²) < 4.78 is 12.8. The van der Waals surface area contributed by atoms with Gasteiger partial charge in [0.1, 0.15) is 0 Å². The number of aryl methyl sites for hydroxylation is 1. The van der Waals surface area contributed by atoms with Crippen LogP contribution in [0.2, 0.25) is 0 Å². The number of pyridine rings is 1. The molecule has 0 aliphatic carbocycles. The molecular weight excluding hydrogens is 235 g/mol. The van der Waals surface area contributed by atoms with Crippen LogP contribution in [0.3, 0.4) is 0 Å². The number of aromatic nitrogens is 3. The number of carbonyl (C=O) groups is 1. The van der Waals surface area contributed by atoms with Crippen LogP contribution in [0.4, 0.5) is 4.39 Å². The van der Waals surface area contributed by atoms with Gasteiger partial charge in [0, 0.05) is 24.0 Å². The first-order chi connectivity index (χ1) is 8.65. The van der Waals surface area contributed by atoms with Crippen molar-refractivity contribution in [3.63, 3.8) is 0 Å². The largest absolute Gasteiger partial charge is 0.346 e. The first-order valence-electron chi connectivity index (χ1n) is 5.32. The Labute approximate surface area is 103 Å². The quantitative estimate of drug-likeness (QED) is 0.827. The van der Waals surface area contributed by atoms with Crippen LogP contribution >= 0.6 is 0 Å². The third kappa shape index (κ3) is 3.07. The SMILES string of the molecule is Cc1cnc(CNC(=O)c2ccnc(F)c2)cn1. The van der Waals surface area contributed by atoms with Gasteiger partial charge in [-0.2, -0.15) is 4.39 Å². The van der Waals surface area contributed by atoms with Gasteiger partial charge in [-0.1, -0.05) is 0 Å². The molecule has 0 spiro atoms.